The quantitative estimate of drug-likeness (QED) is 0.543. The number of aliphatic hydroxyl groups is 1. The molecule has 0 saturated carbocycles. The molecule has 1 atom stereocenters. The van der Waals surface area contributed by atoms with Crippen LogP contribution in [0.3, 0.4) is 0 Å². The Morgan fingerprint density at radius 2 is 1.78 bits per heavy atom. The Labute approximate surface area is 140 Å². The van der Waals surface area contributed by atoms with Gasteiger partial charge in [-0.15, -0.1) is 0 Å². The van der Waals surface area contributed by atoms with E-state index in [1.165, 1.54) is 14.7 Å². The fraction of sp³-hybridized carbons (Fsp3) is 0.500. The van der Waals surface area contributed by atoms with E-state index >= 15 is 0 Å². The van der Waals surface area contributed by atoms with Crippen molar-refractivity contribution < 1.29 is 24.5 Å². The Kier molecular flexibility index (Phi) is 4.96. The third-order valence-corrected chi connectivity index (χ3v) is 5.04. The summed E-state index contributed by atoms with van der Waals surface area (Å²) in [6, 6.07) is 6.51. The molecule has 23 heavy (non-hydrogen) atoms. The van der Waals surface area contributed by atoms with Gasteiger partial charge in [-0.3, -0.25) is 9.59 Å². The van der Waals surface area contributed by atoms with Crippen LogP contribution < -0.4 is 14.7 Å². The summed E-state index contributed by atoms with van der Waals surface area (Å²) in [7, 11) is 0. The van der Waals surface area contributed by atoms with Gasteiger partial charge in [0.15, 0.2) is 6.04 Å². The molecule has 2 aliphatic heterocycles. The maximum absolute atomic E-state index is 12.7. The van der Waals surface area contributed by atoms with E-state index in [1.54, 1.807) is 24.3 Å². The molecule has 7 heteroatoms. The third-order valence-electron chi connectivity index (χ3n) is 4.79. The number of quaternary nitrogens is 2. The number of rotatable bonds is 4. The molecule has 1 aromatic carbocycles. The number of nitrogens with one attached hydrogen (secondary N) is 2. The predicted octanol–water partition coefficient (Wildman–Crippen LogP) is -2.25. The first-order valence-corrected chi connectivity index (χ1v) is 8.39. The first-order valence-electron chi connectivity index (χ1n) is 8.01. The van der Waals surface area contributed by atoms with Crippen LogP contribution in [0.2, 0.25) is 5.02 Å². The van der Waals surface area contributed by atoms with E-state index in [4.69, 9.17) is 16.7 Å². The van der Waals surface area contributed by atoms with E-state index in [0.717, 1.165) is 32.7 Å². The number of aliphatic hydroxyl groups excluding tert-OH is 1. The number of nitrogens with zero attached hydrogens (tertiary/aromatic N) is 1. The van der Waals surface area contributed by atoms with Crippen molar-refractivity contribution in [2.75, 3.05) is 44.2 Å². The second-order valence-corrected chi connectivity index (χ2v) is 6.62. The Bertz CT molecular complexity index is 585. The number of anilines is 1. The molecule has 2 saturated heterocycles. The number of benzene rings is 1. The molecule has 1 unspecified atom stereocenters. The molecule has 1 aromatic rings. The molecule has 2 aliphatic rings. The van der Waals surface area contributed by atoms with Gasteiger partial charge in [-0.25, -0.2) is 4.90 Å². The van der Waals surface area contributed by atoms with E-state index in [-0.39, 0.29) is 30.9 Å². The van der Waals surface area contributed by atoms with Crippen molar-refractivity contribution in [3.63, 3.8) is 0 Å². The Morgan fingerprint density at radius 1 is 1.13 bits per heavy atom. The summed E-state index contributed by atoms with van der Waals surface area (Å²) in [5.41, 5.74) is 0.593. The van der Waals surface area contributed by atoms with Gasteiger partial charge in [0.05, 0.1) is 18.7 Å². The lowest BCUT2D eigenvalue weighted by atomic mass is 10.1. The minimum absolute atomic E-state index is 0.113. The van der Waals surface area contributed by atoms with Gasteiger partial charge in [0.2, 0.25) is 5.91 Å². The van der Waals surface area contributed by atoms with Gasteiger partial charge in [0.1, 0.15) is 32.7 Å². The van der Waals surface area contributed by atoms with Crippen molar-refractivity contribution in [2.24, 2.45) is 0 Å². The van der Waals surface area contributed by atoms with Crippen LogP contribution in [-0.4, -0.2) is 62.3 Å². The van der Waals surface area contributed by atoms with Crippen molar-refractivity contribution in [3.05, 3.63) is 29.3 Å². The van der Waals surface area contributed by atoms with Crippen LogP contribution in [0.4, 0.5) is 5.69 Å². The van der Waals surface area contributed by atoms with Crippen molar-refractivity contribution in [1.29, 1.82) is 0 Å². The molecule has 0 radical (unpaired) electrons. The maximum Gasteiger partial charge on any atom is 0.292 e. The second-order valence-electron chi connectivity index (χ2n) is 6.18. The highest BCUT2D eigenvalue weighted by Crippen LogP contribution is 2.23. The van der Waals surface area contributed by atoms with E-state index in [0.29, 0.717) is 10.7 Å². The van der Waals surface area contributed by atoms with Gasteiger partial charge in [-0.2, -0.15) is 0 Å². The second kappa shape index (κ2) is 6.97. The molecular weight excluding hydrogens is 318 g/mol. The van der Waals surface area contributed by atoms with Crippen LogP contribution in [0.1, 0.15) is 6.42 Å². The summed E-state index contributed by atoms with van der Waals surface area (Å²) >= 11 is 5.87. The number of carbonyl (C=O) groups excluding carboxylic acids is 2. The monoisotopic (exact) mass is 339 g/mol. The highest BCUT2D eigenvalue weighted by atomic mass is 35.5. The lowest BCUT2D eigenvalue weighted by Crippen LogP contribution is -3.30. The fourth-order valence-electron chi connectivity index (χ4n) is 3.49. The fourth-order valence-corrected chi connectivity index (χ4v) is 3.62. The zero-order valence-corrected chi connectivity index (χ0v) is 13.7. The first kappa shape index (κ1) is 16.4. The van der Waals surface area contributed by atoms with Crippen molar-refractivity contribution in [2.45, 2.75) is 12.5 Å². The molecule has 2 fully saturated rings. The average Bonchev–Trinajstić information content (AvgIpc) is 2.84. The Balaban J connectivity index is 1.68. The highest BCUT2D eigenvalue weighted by Gasteiger charge is 2.46. The predicted molar refractivity (Wildman–Crippen MR) is 85.7 cm³/mol. The number of carbonyl (C=O) groups is 2. The van der Waals surface area contributed by atoms with Gasteiger partial charge in [0, 0.05) is 5.02 Å². The summed E-state index contributed by atoms with van der Waals surface area (Å²) in [5.74, 6) is -0.252. The molecule has 3 N–H and O–H groups in total. The number of amides is 2. The molecule has 3 rings (SSSR count). The number of halogens is 1. The minimum Gasteiger partial charge on any atom is -0.391 e. The lowest BCUT2D eigenvalue weighted by Gasteiger charge is -2.31. The zero-order valence-electron chi connectivity index (χ0n) is 12.9. The maximum atomic E-state index is 12.7. The van der Waals surface area contributed by atoms with Gasteiger partial charge >= 0.3 is 0 Å². The van der Waals surface area contributed by atoms with Gasteiger partial charge in [-0.05, 0) is 24.3 Å². The molecule has 6 nitrogen and oxygen atoms in total. The highest BCUT2D eigenvalue weighted by molar-refractivity contribution is 6.30. The van der Waals surface area contributed by atoms with Gasteiger partial charge < -0.3 is 14.9 Å². The molecular formula is C16H22ClN3O3+2. The Hall–Kier alpha value is -1.47. The zero-order chi connectivity index (χ0) is 16.4. The van der Waals surface area contributed by atoms with Gasteiger partial charge in [-0.1, -0.05) is 11.6 Å². The third kappa shape index (κ3) is 3.40. The van der Waals surface area contributed by atoms with Crippen molar-refractivity contribution in [1.82, 2.24) is 0 Å². The Morgan fingerprint density at radius 3 is 2.39 bits per heavy atom. The number of piperazine rings is 1. The molecule has 0 bridgehead atoms. The van der Waals surface area contributed by atoms with E-state index in [9.17, 15) is 9.59 Å². The van der Waals surface area contributed by atoms with Gasteiger partial charge in [0.25, 0.3) is 5.91 Å². The van der Waals surface area contributed by atoms with E-state index in [2.05, 4.69) is 0 Å². The largest absolute Gasteiger partial charge is 0.391 e. The minimum atomic E-state index is -0.283. The summed E-state index contributed by atoms with van der Waals surface area (Å²) in [6.45, 7) is 4.50. The van der Waals surface area contributed by atoms with Crippen LogP contribution in [-0.2, 0) is 9.59 Å². The summed E-state index contributed by atoms with van der Waals surface area (Å²) in [4.78, 5) is 28.9. The normalized spacial score (nSPS) is 28.4. The summed E-state index contributed by atoms with van der Waals surface area (Å²) in [5, 5.41) is 9.59. The topological polar surface area (TPSA) is 66.5 Å². The van der Waals surface area contributed by atoms with Crippen LogP contribution in [0, 0.1) is 0 Å². The molecule has 0 spiro atoms. The summed E-state index contributed by atoms with van der Waals surface area (Å²) < 4.78 is 0. The molecule has 0 aliphatic carbocycles. The number of imide groups is 1. The molecule has 2 heterocycles. The van der Waals surface area contributed by atoms with Crippen LogP contribution in [0.25, 0.3) is 0 Å². The van der Waals surface area contributed by atoms with Crippen molar-refractivity contribution in [3.8, 4) is 0 Å². The van der Waals surface area contributed by atoms with E-state index in [1.807, 2.05) is 0 Å². The van der Waals surface area contributed by atoms with Crippen LogP contribution in [0.15, 0.2) is 24.3 Å². The standard InChI is InChI=1S/C16H20ClN3O3/c17-12-1-3-13(4-2-12)20-15(22)11-14(16(20)23)19-7-5-18(6-8-19)9-10-21/h1-4,14,21H,5-11H2/p+2. The smallest absolute Gasteiger partial charge is 0.292 e. The molecule has 2 amide bonds. The number of hydrogen-bond acceptors (Lipinski definition) is 3. The lowest BCUT2D eigenvalue weighted by molar-refractivity contribution is -1.02. The van der Waals surface area contributed by atoms with Crippen LogP contribution >= 0.6 is 11.6 Å². The molecule has 124 valence electrons. The van der Waals surface area contributed by atoms with Crippen LogP contribution in [0.5, 0.6) is 0 Å². The average molecular weight is 340 g/mol. The number of hydrogen-bond donors (Lipinski definition) is 3. The van der Waals surface area contributed by atoms with E-state index < -0.39 is 0 Å². The molecule has 0 aromatic heterocycles. The van der Waals surface area contributed by atoms with Crippen molar-refractivity contribution >= 4 is 29.1 Å². The SMILES string of the molecule is O=C1CC([NH+]2CC[NH+](CCO)CC2)C(=O)N1c1ccc(Cl)cc1. The summed E-state index contributed by atoms with van der Waals surface area (Å²) in [6.07, 6.45) is 0.270. The first-order chi connectivity index (χ1) is 11.1.